The van der Waals surface area contributed by atoms with Crippen LogP contribution in [0.4, 0.5) is 5.69 Å². The molecular formula is C14H14BrClN2O2S. The fourth-order valence-electron chi connectivity index (χ4n) is 1.78. The third-order valence-corrected chi connectivity index (χ3v) is 5.07. The van der Waals surface area contributed by atoms with Gasteiger partial charge in [0.05, 0.1) is 4.90 Å². The average Bonchev–Trinajstić information content (AvgIpc) is 2.43. The summed E-state index contributed by atoms with van der Waals surface area (Å²) < 4.78 is 28.2. The van der Waals surface area contributed by atoms with Gasteiger partial charge in [0.1, 0.15) is 0 Å². The lowest BCUT2D eigenvalue weighted by molar-refractivity contribution is 0.601. The first kappa shape index (κ1) is 16.3. The van der Waals surface area contributed by atoms with Gasteiger partial charge in [0, 0.05) is 21.7 Å². The SMILES string of the molecule is CNCc1cc(S(=O)(=O)Nc2ccc(Br)cc2)ccc1Cl. The van der Waals surface area contributed by atoms with E-state index < -0.39 is 10.0 Å². The molecule has 0 bridgehead atoms. The van der Waals surface area contributed by atoms with Gasteiger partial charge in [-0.2, -0.15) is 0 Å². The van der Waals surface area contributed by atoms with Gasteiger partial charge in [0.2, 0.25) is 0 Å². The van der Waals surface area contributed by atoms with Gasteiger partial charge in [-0.25, -0.2) is 8.42 Å². The molecule has 0 aromatic heterocycles. The molecule has 112 valence electrons. The second-order valence-electron chi connectivity index (χ2n) is 4.40. The maximum atomic E-state index is 12.4. The van der Waals surface area contributed by atoms with Crippen molar-refractivity contribution >= 4 is 43.2 Å². The zero-order chi connectivity index (χ0) is 15.5. The number of rotatable bonds is 5. The monoisotopic (exact) mass is 388 g/mol. The average molecular weight is 390 g/mol. The molecule has 2 N–H and O–H groups in total. The third-order valence-electron chi connectivity index (χ3n) is 2.79. The second-order valence-corrected chi connectivity index (χ2v) is 7.40. The van der Waals surface area contributed by atoms with Crippen LogP contribution in [0.3, 0.4) is 0 Å². The Hall–Kier alpha value is -1.08. The number of anilines is 1. The molecule has 4 nitrogen and oxygen atoms in total. The van der Waals surface area contributed by atoms with Crippen molar-refractivity contribution in [1.82, 2.24) is 5.32 Å². The van der Waals surface area contributed by atoms with Gasteiger partial charge in [-0.05, 0) is 55.1 Å². The summed E-state index contributed by atoms with van der Waals surface area (Å²) in [5.74, 6) is 0. The quantitative estimate of drug-likeness (QED) is 0.821. The molecule has 0 saturated carbocycles. The number of hydrogen-bond donors (Lipinski definition) is 2. The molecule has 0 amide bonds. The maximum Gasteiger partial charge on any atom is 0.261 e. The lowest BCUT2D eigenvalue weighted by Gasteiger charge is -2.10. The van der Waals surface area contributed by atoms with Crippen LogP contribution in [0.2, 0.25) is 5.02 Å². The molecule has 0 atom stereocenters. The van der Waals surface area contributed by atoms with E-state index in [-0.39, 0.29) is 4.90 Å². The molecule has 0 aliphatic heterocycles. The molecule has 2 rings (SSSR count). The minimum atomic E-state index is -3.64. The van der Waals surface area contributed by atoms with Gasteiger partial charge < -0.3 is 5.32 Å². The minimum Gasteiger partial charge on any atom is -0.316 e. The van der Waals surface area contributed by atoms with E-state index >= 15 is 0 Å². The van der Waals surface area contributed by atoms with Gasteiger partial charge in [0.25, 0.3) is 10.0 Å². The largest absolute Gasteiger partial charge is 0.316 e. The van der Waals surface area contributed by atoms with Crippen molar-refractivity contribution in [2.75, 3.05) is 11.8 Å². The minimum absolute atomic E-state index is 0.181. The summed E-state index contributed by atoms with van der Waals surface area (Å²) in [6.07, 6.45) is 0. The highest BCUT2D eigenvalue weighted by atomic mass is 79.9. The lowest BCUT2D eigenvalue weighted by Crippen LogP contribution is -2.14. The second kappa shape index (κ2) is 6.79. The summed E-state index contributed by atoms with van der Waals surface area (Å²) in [7, 11) is -1.86. The zero-order valence-electron chi connectivity index (χ0n) is 11.2. The zero-order valence-corrected chi connectivity index (χ0v) is 14.4. The van der Waals surface area contributed by atoms with Crippen molar-refractivity contribution in [3.05, 3.63) is 57.5 Å². The van der Waals surface area contributed by atoms with Gasteiger partial charge in [0.15, 0.2) is 0 Å². The molecule has 0 aliphatic rings. The number of nitrogens with one attached hydrogen (secondary N) is 2. The molecule has 0 radical (unpaired) electrons. The summed E-state index contributed by atoms with van der Waals surface area (Å²) >= 11 is 9.35. The Kier molecular flexibility index (Phi) is 5.27. The summed E-state index contributed by atoms with van der Waals surface area (Å²) in [5.41, 5.74) is 1.24. The highest BCUT2D eigenvalue weighted by molar-refractivity contribution is 9.10. The standard InChI is InChI=1S/C14H14BrClN2O2S/c1-17-9-10-8-13(6-7-14(10)16)21(19,20)18-12-4-2-11(15)3-5-12/h2-8,17-18H,9H2,1H3. The Morgan fingerprint density at radius 3 is 2.43 bits per heavy atom. The van der Waals surface area contributed by atoms with Crippen LogP contribution in [0.15, 0.2) is 51.8 Å². The molecule has 0 saturated heterocycles. The molecule has 21 heavy (non-hydrogen) atoms. The van der Waals surface area contributed by atoms with Gasteiger partial charge in [-0.1, -0.05) is 27.5 Å². The fraction of sp³-hybridized carbons (Fsp3) is 0.143. The van der Waals surface area contributed by atoms with Crippen molar-refractivity contribution in [3.8, 4) is 0 Å². The van der Waals surface area contributed by atoms with E-state index in [2.05, 4.69) is 26.0 Å². The molecular weight excluding hydrogens is 376 g/mol. The Bertz CT molecular complexity index is 733. The van der Waals surface area contributed by atoms with Crippen molar-refractivity contribution in [3.63, 3.8) is 0 Å². The molecule has 0 unspecified atom stereocenters. The third kappa shape index (κ3) is 4.20. The van der Waals surface area contributed by atoms with E-state index in [0.29, 0.717) is 17.3 Å². The molecule has 0 spiro atoms. The predicted molar refractivity (Wildman–Crippen MR) is 89.2 cm³/mol. The first-order valence-electron chi connectivity index (χ1n) is 6.14. The Balaban J connectivity index is 2.31. The Labute approximate surface area is 137 Å². The molecule has 0 aliphatic carbocycles. The summed E-state index contributed by atoms with van der Waals surface area (Å²) in [6, 6.07) is 11.6. The molecule has 2 aromatic carbocycles. The van der Waals surface area contributed by atoms with Crippen molar-refractivity contribution < 1.29 is 8.42 Å². The van der Waals surface area contributed by atoms with E-state index in [1.807, 2.05) is 0 Å². The van der Waals surface area contributed by atoms with Crippen molar-refractivity contribution in [2.45, 2.75) is 11.4 Å². The normalized spacial score (nSPS) is 11.4. The maximum absolute atomic E-state index is 12.4. The van der Waals surface area contributed by atoms with Crippen LogP contribution in [0.25, 0.3) is 0 Å². The van der Waals surface area contributed by atoms with Crippen LogP contribution in [0, 0.1) is 0 Å². The van der Waals surface area contributed by atoms with Crippen LogP contribution >= 0.6 is 27.5 Å². The van der Waals surface area contributed by atoms with E-state index in [4.69, 9.17) is 11.6 Å². The summed E-state index contributed by atoms with van der Waals surface area (Å²) in [5, 5.41) is 3.49. The molecule has 2 aromatic rings. The summed E-state index contributed by atoms with van der Waals surface area (Å²) in [4.78, 5) is 0.181. The number of hydrogen-bond acceptors (Lipinski definition) is 3. The van der Waals surface area contributed by atoms with Crippen LogP contribution in [-0.4, -0.2) is 15.5 Å². The van der Waals surface area contributed by atoms with Crippen LogP contribution < -0.4 is 10.0 Å². The summed E-state index contributed by atoms with van der Waals surface area (Å²) in [6.45, 7) is 0.500. The van der Waals surface area contributed by atoms with Crippen LogP contribution in [-0.2, 0) is 16.6 Å². The Morgan fingerprint density at radius 2 is 1.81 bits per heavy atom. The van der Waals surface area contributed by atoms with Gasteiger partial charge >= 0.3 is 0 Å². The Morgan fingerprint density at radius 1 is 1.14 bits per heavy atom. The highest BCUT2D eigenvalue weighted by Gasteiger charge is 2.15. The van der Waals surface area contributed by atoms with Gasteiger partial charge in [-0.3, -0.25) is 4.72 Å². The van der Waals surface area contributed by atoms with Crippen LogP contribution in [0.1, 0.15) is 5.56 Å². The predicted octanol–water partition coefficient (Wildman–Crippen LogP) is 3.62. The number of sulfonamides is 1. The molecule has 0 heterocycles. The van der Waals surface area contributed by atoms with E-state index in [0.717, 1.165) is 10.0 Å². The van der Waals surface area contributed by atoms with Crippen molar-refractivity contribution in [1.29, 1.82) is 0 Å². The van der Waals surface area contributed by atoms with E-state index in [1.54, 1.807) is 43.4 Å². The van der Waals surface area contributed by atoms with Gasteiger partial charge in [-0.15, -0.1) is 0 Å². The fourth-order valence-corrected chi connectivity index (χ4v) is 3.33. The van der Waals surface area contributed by atoms with E-state index in [1.165, 1.54) is 6.07 Å². The molecule has 7 heteroatoms. The topological polar surface area (TPSA) is 58.2 Å². The highest BCUT2D eigenvalue weighted by Crippen LogP contribution is 2.23. The lowest BCUT2D eigenvalue weighted by atomic mass is 10.2. The first-order valence-corrected chi connectivity index (χ1v) is 8.79. The van der Waals surface area contributed by atoms with E-state index in [9.17, 15) is 8.42 Å². The number of benzene rings is 2. The first-order chi connectivity index (χ1) is 9.92. The molecule has 0 fully saturated rings. The smallest absolute Gasteiger partial charge is 0.261 e. The van der Waals surface area contributed by atoms with Crippen molar-refractivity contribution in [2.24, 2.45) is 0 Å². The number of halogens is 2. The van der Waals surface area contributed by atoms with Crippen LogP contribution in [0.5, 0.6) is 0 Å².